The van der Waals surface area contributed by atoms with Crippen LogP contribution in [-0.4, -0.2) is 16.1 Å². The molecule has 4 heteroatoms. The Balaban J connectivity index is 1.73. The fraction of sp³-hybridized carbons (Fsp3) is 0.158. The van der Waals surface area contributed by atoms with Gasteiger partial charge in [0.2, 0.25) is 0 Å². The first-order chi connectivity index (χ1) is 11.2. The van der Waals surface area contributed by atoms with Crippen molar-refractivity contribution >= 4 is 16.9 Å². The van der Waals surface area contributed by atoms with E-state index in [1.165, 1.54) is 0 Å². The molecule has 116 valence electrons. The van der Waals surface area contributed by atoms with Crippen LogP contribution in [0, 0.1) is 0 Å². The molecule has 1 aromatic heterocycles. The first kappa shape index (κ1) is 15.0. The van der Waals surface area contributed by atoms with Crippen molar-refractivity contribution < 1.29 is 14.6 Å². The highest BCUT2D eigenvalue weighted by Gasteiger charge is 2.06. The SMILES string of the molecule is O=C(O)CCc1ccccc1OCc1ccc2cccnc2c1. The maximum atomic E-state index is 10.7. The molecule has 0 fully saturated rings. The van der Waals surface area contributed by atoms with Crippen molar-refractivity contribution in [2.45, 2.75) is 19.4 Å². The number of carboxylic acids is 1. The Morgan fingerprint density at radius 1 is 1.09 bits per heavy atom. The summed E-state index contributed by atoms with van der Waals surface area (Å²) in [4.78, 5) is 15.1. The highest BCUT2D eigenvalue weighted by molar-refractivity contribution is 5.78. The molecule has 0 amide bonds. The lowest BCUT2D eigenvalue weighted by molar-refractivity contribution is -0.136. The lowest BCUT2D eigenvalue weighted by Crippen LogP contribution is -2.02. The normalized spacial score (nSPS) is 10.6. The lowest BCUT2D eigenvalue weighted by Gasteiger charge is -2.11. The van der Waals surface area contributed by atoms with Gasteiger partial charge in [-0.15, -0.1) is 0 Å². The number of benzene rings is 2. The minimum absolute atomic E-state index is 0.0975. The zero-order valence-corrected chi connectivity index (χ0v) is 12.6. The van der Waals surface area contributed by atoms with Crippen LogP contribution in [0.3, 0.4) is 0 Å². The van der Waals surface area contributed by atoms with Gasteiger partial charge < -0.3 is 9.84 Å². The fourth-order valence-electron chi connectivity index (χ4n) is 2.46. The van der Waals surface area contributed by atoms with Gasteiger partial charge in [0.05, 0.1) is 5.52 Å². The summed E-state index contributed by atoms with van der Waals surface area (Å²) in [6, 6.07) is 17.5. The minimum Gasteiger partial charge on any atom is -0.489 e. The van der Waals surface area contributed by atoms with Gasteiger partial charge in [-0.2, -0.15) is 0 Å². The van der Waals surface area contributed by atoms with E-state index in [2.05, 4.69) is 4.98 Å². The quantitative estimate of drug-likeness (QED) is 0.752. The van der Waals surface area contributed by atoms with Gasteiger partial charge in [-0.3, -0.25) is 9.78 Å². The van der Waals surface area contributed by atoms with Gasteiger partial charge in [-0.25, -0.2) is 0 Å². The molecular weight excluding hydrogens is 290 g/mol. The number of carboxylic acid groups (broad SMARTS) is 1. The molecular formula is C19H17NO3. The predicted octanol–water partition coefficient (Wildman–Crippen LogP) is 3.83. The van der Waals surface area contributed by atoms with Gasteiger partial charge in [0.1, 0.15) is 12.4 Å². The van der Waals surface area contributed by atoms with E-state index in [-0.39, 0.29) is 6.42 Å². The molecule has 0 aliphatic rings. The van der Waals surface area contributed by atoms with Gasteiger partial charge in [-0.1, -0.05) is 36.4 Å². The number of aliphatic carboxylic acids is 1. The molecule has 0 radical (unpaired) electrons. The number of aryl methyl sites for hydroxylation is 1. The second kappa shape index (κ2) is 6.92. The molecule has 1 heterocycles. The van der Waals surface area contributed by atoms with Crippen molar-refractivity contribution in [3.63, 3.8) is 0 Å². The number of rotatable bonds is 6. The second-order valence-electron chi connectivity index (χ2n) is 5.32. The molecule has 23 heavy (non-hydrogen) atoms. The standard InChI is InChI=1S/C19H17NO3/c21-19(22)10-9-16-4-1-2-6-18(16)23-13-14-7-8-15-5-3-11-20-17(15)12-14/h1-8,11-12H,9-10,13H2,(H,21,22). The zero-order valence-electron chi connectivity index (χ0n) is 12.6. The number of para-hydroxylation sites is 1. The first-order valence-electron chi connectivity index (χ1n) is 7.48. The summed E-state index contributed by atoms with van der Waals surface area (Å²) in [6.07, 6.45) is 2.33. The summed E-state index contributed by atoms with van der Waals surface area (Å²) in [7, 11) is 0. The average Bonchev–Trinajstić information content (AvgIpc) is 2.58. The van der Waals surface area contributed by atoms with E-state index in [1.54, 1.807) is 6.20 Å². The summed E-state index contributed by atoms with van der Waals surface area (Å²) >= 11 is 0. The molecule has 1 N–H and O–H groups in total. The first-order valence-corrected chi connectivity index (χ1v) is 7.48. The van der Waals surface area contributed by atoms with Crippen LogP contribution >= 0.6 is 0 Å². The average molecular weight is 307 g/mol. The van der Waals surface area contributed by atoms with Crippen LogP contribution in [0.1, 0.15) is 17.5 Å². The number of hydrogen-bond acceptors (Lipinski definition) is 3. The van der Waals surface area contributed by atoms with E-state index >= 15 is 0 Å². The Bertz CT molecular complexity index is 829. The smallest absolute Gasteiger partial charge is 0.303 e. The van der Waals surface area contributed by atoms with E-state index < -0.39 is 5.97 Å². The Kier molecular flexibility index (Phi) is 4.52. The van der Waals surface area contributed by atoms with Crippen molar-refractivity contribution in [3.8, 4) is 5.75 Å². The molecule has 0 bridgehead atoms. The summed E-state index contributed by atoms with van der Waals surface area (Å²) in [5, 5.41) is 9.92. The molecule has 0 aliphatic carbocycles. The summed E-state index contributed by atoms with van der Waals surface area (Å²) in [5.41, 5.74) is 2.88. The highest BCUT2D eigenvalue weighted by Crippen LogP contribution is 2.21. The van der Waals surface area contributed by atoms with Crippen LogP contribution in [0.2, 0.25) is 0 Å². The molecule has 3 aromatic rings. The second-order valence-corrected chi connectivity index (χ2v) is 5.32. The number of hydrogen-bond donors (Lipinski definition) is 1. The zero-order chi connectivity index (χ0) is 16.1. The Labute approximate surface area is 134 Å². The Hall–Kier alpha value is -2.88. The van der Waals surface area contributed by atoms with E-state index in [4.69, 9.17) is 9.84 Å². The molecule has 0 aliphatic heterocycles. The van der Waals surface area contributed by atoms with E-state index in [0.29, 0.717) is 13.0 Å². The van der Waals surface area contributed by atoms with Crippen molar-refractivity contribution in [2.24, 2.45) is 0 Å². The summed E-state index contributed by atoms with van der Waals surface area (Å²) in [5.74, 6) is -0.0738. The fourth-order valence-corrected chi connectivity index (χ4v) is 2.46. The third kappa shape index (κ3) is 3.86. The molecule has 0 unspecified atom stereocenters. The van der Waals surface area contributed by atoms with Gasteiger partial charge in [0.25, 0.3) is 0 Å². The maximum Gasteiger partial charge on any atom is 0.303 e. The Morgan fingerprint density at radius 3 is 2.83 bits per heavy atom. The largest absolute Gasteiger partial charge is 0.489 e. The van der Waals surface area contributed by atoms with Crippen LogP contribution in [0.4, 0.5) is 0 Å². The van der Waals surface area contributed by atoms with E-state index in [0.717, 1.165) is 27.8 Å². The van der Waals surface area contributed by atoms with Gasteiger partial charge in [0.15, 0.2) is 0 Å². The monoisotopic (exact) mass is 307 g/mol. The topological polar surface area (TPSA) is 59.4 Å². The van der Waals surface area contributed by atoms with E-state index in [1.807, 2.05) is 54.6 Å². The maximum absolute atomic E-state index is 10.7. The molecule has 0 saturated carbocycles. The number of aromatic nitrogens is 1. The lowest BCUT2D eigenvalue weighted by atomic mass is 10.1. The van der Waals surface area contributed by atoms with Gasteiger partial charge in [-0.05, 0) is 35.7 Å². The number of nitrogens with zero attached hydrogens (tertiary/aromatic N) is 1. The van der Waals surface area contributed by atoms with Gasteiger partial charge >= 0.3 is 5.97 Å². The third-order valence-electron chi connectivity index (χ3n) is 3.65. The van der Waals surface area contributed by atoms with Crippen LogP contribution in [0.5, 0.6) is 5.75 Å². The van der Waals surface area contributed by atoms with E-state index in [9.17, 15) is 4.79 Å². The summed E-state index contributed by atoms with van der Waals surface area (Å²) < 4.78 is 5.88. The highest BCUT2D eigenvalue weighted by atomic mass is 16.5. The molecule has 3 rings (SSSR count). The molecule has 0 atom stereocenters. The molecule has 0 saturated heterocycles. The van der Waals surface area contributed by atoms with Crippen molar-refractivity contribution in [3.05, 3.63) is 71.9 Å². The number of carbonyl (C=O) groups is 1. The van der Waals surface area contributed by atoms with Crippen LogP contribution < -0.4 is 4.74 Å². The van der Waals surface area contributed by atoms with Crippen LogP contribution in [-0.2, 0) is 17.8 Å². The van der Waals surface area contributed by atoms with Crippen molar-refractivity contribution in [2.75, 3.05) is 0 Å². The Morgan fingerprint density at radius 2 is 1.96 bits per heavy atom. The molecule has 0 spiro atoms. The minimum atomic E-state index is -0.805. The van der Waals surface area contributed by atoms with Crippen molar-refractivity contribution in [1.29, 1.82) is 0 Å². The molecule has 2 aromatic carbocycles. The third-order valence-corrected chi connectivity index (χ3v) is 3.65. The number of fused-ring (bicyclic) bond motifs is 1. The van der Waals surface area contributed by atoms with Gasteiger partial charge in [0, 0.05) is 18.0 Å². The summed E-state index contributed by atoms with van der Waals surface area (Å²) in [6.45, 7) is 0.427. The van der Waals surface area contributed by atoms with Crippen LogP contribution in [0.25, 0.3) is 10.9 Å². The molecule has 4 nitrogen and oxygen atoms in total. The number of pyridine rings is 1. The van der Waals surface area contributed by atoms with Crippen molar-refractivity contribution in [1.82, 2.24) is 4.98 Å². The predicted molar refractivity (Wildman–Crippen MR) is 88.5 cm³/mol. The number of ether oxygens (including phenoxy) is 1. The van der Waals surface area contributed by atoms with Crippen LogP contribution in [0.15, 0.2) is 60.8 Å².